The summed E-state index contributed by atoms with van der Waals surface area (Å²) in [6.45, 7) is 8.17. The number of esters is 1. The lowest BCUT2D eigenvalue weighted by Crippen LogP contribution is -2.10. The third kappa shape index (κ3) is 4.20. The van der Waals surface area contributed by atoms with E-state index in [4.69, 9.17) is 9.47 Å². The first-order chi connectivity index (χ1) is 14.3. The first-order valence-electron chi connectivity index (χ1n) is 9.85. The van der Waals surface area contributed by atoms with Crippen LogP contribution in [0.4, 0.5) is 0 Å². The Labute approximate surface area is 175 Å². The third-order valence-corrected chi connectivity index (χ3v) is 4.80. The van der Waals surface area contributed by atoms with Gasteiger partial charge in [0, 0.05) is 10.8 Å². The summed E-state index contributed by atoms with van der Waals surface area (Å²) in [5, 5.41) is 20.9. The van der Waals surface area contributed by atoms with Gasteiger partial charge in [0.1, 0.15) is 23.3 Å². The molecule has 6 nitrogen and oxygen atoms in total. The van der Waals surface area contributed by atoms with E-state index in [1.54, 1.807) is 18.2 Å². The smallest absolute Gasteiger partial charge is 0.360 e. The zero-order valence-corrected chi connectivity index (χ0v) is 17.6. The fourth-order valence-corrected chi connectivity index (χ4v) is 3.39. The molecule has 0 amide bonds. The molecule has 0 radical (unpaired) electrons. The molecule has 0 spiro atoms. The molecular formula is C24H24N2O4. The van der Waals surface area contributed by atoms with E-state index in [2.05, 4.69) is 4.98 Å². The van der Waals surface area contributed by atoms with Gasteiger partial charge in [-0.2, -0.15) is 5.26 Å². The predicted molar refractivity (Wildman–Crippen MR) is 114 cm³/mol. The van der Waals surface area contributed by atoms with Gasteiger partial charge in [-0.15, -0.1) is 0 Å². The van der Waals surface area contributed by atoms with E-state index >= 15 is 0 Å². The van der Waals surface area contributed by atoms with E-state index in [1.807, 2.05) is 45.9 Å². The summed E-state index contributed by atoms with van der Waals surface area (Å²) < 4.78 is 11.2. The number of nitriles is 1. The number of pyridine rings is 1. The minimum Gasteiger partial charge on any atom is -0.505 e. The van der Waals surface area contributed by atoms with Gasteiger partial charge in [-0.05, 0) is 56.5 Å². The number of aryl methyl sites for hydroxylation is 3. The minimum absolute atomic E-state index is 0.0412. The zero-order valence-electron chi connectivity index (χ0n) is 17.6. The molecule has 0 aliphatic carbocycles. The summed E-state index contributed by atoms with van der Waals surface area (Å²) in [4.78, 5) is 16.4. The first kappa shape index (κ1) is 21.1. The number of carbonyl (C=O) groups is 1. The standard InChI is InChI=1S/C24H24N2O4/c1-5-6-9-29-24(28)21-22(27)19-12-17(7-8-18(19)20(13-25)26-21)30-23-15(3)10-14(2)11-16(23)4/h7-8,10-12,27H,5-6,9H2,1-4H3. The lowest BCUT2D eigenvalue weighted by Gasteiger charge is -2.14. The van der Waals surface area contributed by atoms with Crippen LogP contribution in [0.25, 0.3) is 10.8 Å². The molecule has 1 aromatic heterocycles. The molecule has 30 heavy (non-hydrogen) atoms. The molecule has 0 bridgehead atoms. The SMILES string of the molecule is CCCCOC(=O)c1nc(C#N)c2ccc(Oc3c(C)cc(C)cc3C)cc2c1O. The number of hydrogen-bond donors (Lipinski definition) is 1. The molecule has 0 fully saturated rings. The highest BCUT2D eigenvalue weighted by Crippen LogP contribution is 2.36. The summed E-state index contributed by atoms with van der Waals surface area (Å²) in [6.07, 6.45) is 1.57. The van der Waals surface area contributed by atoms with Gasteiger partial charge in [-0.25, -0.2) is 9.78 Å². The van der Waals surface area contributed by atoms with Crippen molar-refractivity contribution in [2.24, 2.45) is 0 Å². The van der Waals surface area contributed by atoms with Crippen molar-refractivity contribution in [1.29, 1.82) is 5.26 Å². The average Bonchev–Trinajstić information content (AvgIpc) is 2.71. The molecule has 1 heterocycles. The maximum atomic E-state index is 12.4. The Bertz CT molecular complexity index is 1140. The van der Waals surface area contributed by atoms with Crippen molar-refractivity contribution >= 4 is 16.7 Å². The fourth-order valence-electron chi connectivity index (χ4n) is 3.39. The Kier molecular flexibility index (Phi) is 6.22. The predicted octanol–water partition coefficient (Wildman–Crippen LogP) is 5.49. The maximum Gasteiger partial charge on any atom is 0.360 e. The summed E-state index contributed by atoms with van der Waals surface area (Å²) in [7, 11) is 0. The van der Waals surface area contributed by atoms with E-state index in [-0.39, 0.29) is 23.7 Å². The van der Waals surface area contributed by atoms with E-state index < -0.39 is 5.97 Å². The average molecular weight is 404 g/mol. The van der Waals surface area contributed by atoms with E-state index in [0.29, 0.717) is 22.9 Å². The summed E-state index contributed by atoms with van der Waals surface area (Å²) in [5.74, 6) is 0.130. The number of benzene rings is 2. The molecular weight excluding hydrogens is 380 g/mol. The quantitative estimate of drug-likeness (QED) is 0.432. The second-order valence-corrected chi connectivity index (χ2v) is 7.30. The molecule has 3 aromatic rings. The highest BCUT2D eigenvalue weighted by atomic mass is 16.5. The number of fused-ring (bicyclic) bond motifs is 1. The zero-order chi connectivity index (χ0) is 21.8. The highest BCUT2D eigenvalue weighted by Gasteiger charge is 2.21. The lowest BCUT2D eigenvalue weighted by molar-refractivity contribution is 0.0489. The van der Waals surface area contributed by atoms with Crippen molar-refractivity contribution < 1.29 is 19.4 Å². The number of ether oxygens (including phenoxy) is 2. The molecule has 0 saturated heterocycles. The van der Waals surface area contributed by atoms with Gasteiger partial charge in [0.2, 0.25) is 0 Å². The molecule has 0 unspecified atom stereocenters. The van der Waals surface area contributed by atoms with Crippen LogP contribution in [0.3, 0.4) is 0 Å². The summed E-state index contributed by atoms with van der Waals surface area (Å²) >= 11 is 0. The molecule has 1 N–H and O–H groups in total. The van der Waals surface area contributed by atoms with Crippen molar-refractivity contribution in [3.8, 4) is 23.3 Å². The number of aromatic nitrogens is 1. The Morgan fingerprint density at radius 3 is 2.47 bits per heavy atom. The van der Waals surface area contributed by atoms with Crippen LogP contribution in [0.5, 0.6) is 17.2 Å². The molecule has 2 aromatic carbocycles. The van der Waals surface area contributed by atoms with Crippen LogP contribution in [0.15, 0.2) is 30.3 Å². The maximum absolute atomic E-state index is 12.4. The molecule has 0 aliphatic rings. The monoisotopic (exact) mass is 404 g/mol. The van der Waals surface area contributed by atoms with Gasteiger partial charge in [-0.1, -0.05) is 31.0 Å². The molecule has 0 atom stereocenters. The largest absolute Gasteiger partial charge is 0.505 e. The van der Waals surface area contributed by atoms with Gasteiger partial charge in [-0.3, -0.25) is 0 Å². The number of carbonyl (C=O) groups excluding carboxylic acids is 1. The topological polar surface area (TPSA) is 92.4 Å². The second-order valence-electron chi connectivity index (χ2n) is 7.30. The third-order valence-electron chi connectivity index (χ3n) is 4.80. The molecule has 0 aliphatic heterocycles. The van der Waals surface area contributed by atoms with Gasteiger partial charge in [0.05, 0.1) is 6.61 Å². The molecule has 3 rings (SSSR count). The lowest BCUT2D eigenvalue weighted by atomic mass is 10.1. The molecule has 154 valence electrons. The Morgan fingerprint density at radius 2 is 1.83 bits per heavy atom. The van der Waals surface area contributed by atoms with Crippen LogP contribution < -0.4 is 4.74 Å². The second kappa shape index (κ2) is 8.83. The number of rotatable bonds is 6. The van der Waals surface area contributed by atoms with Crippen molar-refractivity contribution in [2.75, 3.05) is 6.61 Å². The van der Waals surface area contributed by atoms with Crippen LogP contribution in [0, 0.1) is 32.1 Å². The van der Waals surface area contributed by atoms with Crippen LogP contribution in [-0.4, -0.2) is 22.7 Å². The Morgan fingerprint density at radius 1 is 1.13 bits per heavy atom. The van der Waals surface area contributed by atoms with Gasteiger partial charge in [0.25, 0.3) is 0 Å². The first-order valence-corrected chi connectivity index (χ1v) is 9.85. The van der Waals surface area contributed by atoms with E-state index in [1.165, 1.54) is 0 Å². The number of unbranched alkanes of at least 4 members (excludes halogenated alkanes) is 1. The van der Waals surface area contributed by atoms with Gasteiger partial charge in [0.15, 0.2) is 11.4 Å². The van der Waals surface area contributed by atoms with Crippen molar-refractivity contribution in [1.82, 2.24) is 4.98 Å². The number of hydrogen-bond acceptors (Lipinski definition) is 6. The minimum atomic E-state index is -0.754. The van der Waals surface area contributed by atoms with E-state index in [9.17, 15) is 15.2 Å². The number of nitrogens with zero attached hydrogens (tertiary/aromatic N) is 2. The highest BCUT2D eigenvalue weighted by molar-refractivity contribution is 6.01. The number of aromatic hydroxyl groups is 1. The fraction of sp³-hybridized carbons (Fsp3) is 0.292. The van der Waals surface area contributed by atoms with Gasteiger partial charge >= 0.3 is 5.97 Å². The molecule has 6 heteroatoms. The van der Waals surface area contributed by atoms with Gasteiger partial charge < -0.3 is 14.6 Å². The van der Waals surface area contributed by atoms with Crippen molar-refractivity contribution in [2.45, 2.75) is 40.5 Å². The summed E-state index contributed by atoms with van der Waals surface area (Å²) in [5.41, 5.74) is 2.90. The van der Waals surface area contributed by atoms with Crippen LogP contribution in [0.2, 0.25) is 0 Å². The van der Waals surface area contributed by atoms with Crippen molar-refractivity contribution in [3.63, 3.8) is 0 Å². The van der Waals surface area contributed by atoms with Crippen LogP contribution in [0.1, 0.15) is 52.6 Å². The van der Waals surface area contributed by atoms with Crippen molar-refractivity contribution in [3.05, 3.63) is 58.4 Å². The van der Waals surface area contributed by atoms with Crippen LogP contribution >= 0.6 is 0 Å². The van der Waals surface area contributed by atoms with E-state index in [0.717, 1.165) is 28.9 Å². The Balaban J connectivity index is 2.05. The molecule has 0 saturated carbocycles. The van der Waals surface area contributed by atoms with Crippen LogP contribution in [-0.2, 0) is 4.74 Å². The Hall–Kier alpha value is -3.59. The summed E-state index contributed by atoms with van der Waals surface area (Å²) in [6, 6.07) is 11.0. The normalized spacial score (nSPS) is 10.6.